The van der Waals surface area contributed by atoms with Gasteiger partial charge in [-0.2, -0.15) is 0 Å². The van der Waals surface area contributed by atoms with Gasteiger partial charge in [0, 0.05) is 32.7 Å². The van der Waals surface area contributed by atoms with Crippen molar-refractivity contribution in [3.05, 3.63) is 35.4 Å². The number of amides is 1. The van der Waals surface area contributed by atoms with Gasteiger partial charge in [-0.25, -0.2) is 0 Å². The summed E-state index contributed by atoms with van der Waals surface area (Å²) in [6, 6.07) is 8.23. The average molecular weight is 345 g/mol. The molecule has 0 bridgehead atoms. The van der Waals surface area contributed by atoms with Gasteiger partial charge in [0.05, 0.1) is 0 Å². The molecule has 1 aromatic rings. The molecule has 5 nitrogen and oxygen atoms in total. The largest absolute Gasteiger partial charge is 0.379 e. The number of likely N-dealkylation sites (tertiary alicyclic amines) is 2. The van der Waals surface area contributed by atoms with Gasteiger partial charge in [-0.3, -0.25) is 4.79 Å². The Balaban J connectivity index is 1.51. The zero-order chi connectivity index (χ0) is 17.7. The molecule has 138 valence electrons. The molecule has 2 N–H and O–H groups in total. The molecule has 0 spiro atoms. The second-order valence-electron chi connectivity index (χ2n) is 7.58. The van der Waals surface area contributed by atoms with Gasteiger partial charge in [-0.05, 0) is 51.3 Å². The summed E-state index contributed by atoms with van der Waals surface area (Å²) in [6.07, 6.45) is 3.97. The van der Waals surface area contributed by atoms with Crippen LogP contribution >= 0.6 is 0 Å². The summed E-state index contributed by atoms with van der Waals surface area (Å²) in [5.74, 6) is -0.131. The minimum Gasteiger partial charge on any atom is -0.379 e. The fourth-order valence-corrected chi connectivity index (χ4v) is 3.95. The van der Waals surface area contributed by atoms with Crippen molar-refractivity contribution >= 4 is 5.91 Å². The Hall–Kier alpha value is -1.43. The summed E-state index contributed by atoms with van der Waals surface area (Å²) in [7, 11) is 0. The van der Waals surface area contributed by atoms with E-state index in [1.165, 1.54) is 31.5 Å². The van der Waals surface area contributed by atoms with Gasteiger partial charge < -0.3 is 20.2 Å². The Morgan fingerprint density at radius 3 is 2.76 bits per heavy atom. The number of piperidine rings is 1. The normalized spacial score (nSPS) is 24.9. The lowest BCUT2D eigenvalue weighted by molar-refractivity contribution is -0.157. The highest BCUT2D eigenvalue weighted by Gasteiger charge is 2.41. The monoisotopic (exact) mass is 345 g/mol. The molecule has 2 heterocycles. The standard InChI is InChI=1S/C20H31N3O2/c1-17-6-4-7-18(14-17)15-23-12-5-8-20(25,19(23)24)16-21-9-13-22-10-2-3-11-22/h4,6-7,14,21,25H,2-3,5,8-13,15-16H2,1H3/t20-/m1/s1. The van der Waals surface area contributed by atoms with Crippen LogP contribution in [0.25, 0.3) is 0 Å². The summed E-state index contributed by atoms with van der Waals surface area (Å²) >= 11 is 0. The van der Waals surface area contributed by atoms with E-state index in [-0.39, 0.29) is 5.91 Å². The quantitative estimate of drug-likeness (QED) is 0.736. The second-order valence-corrected chi connectivity index (χ2v) is 7.58. The topological polar surface area (TPSA) is 55.8 Å². The number of carbonyl (C=O) groups is 1. The van der Waals surface area contributed by atoms with Crippen molar-refractivity contribution in [1.82, 2.24) is 15.1 Å². The number of hydrogen-bond donors (Lipinski definition) is 2. The van der Waals surface area contributed by atoms with Crippen LogP contribution in [0.15, 0.2) is 24.3 Å². The highest BCUT2D eigenvalue weighted by atomic mass is 16.3. The fraction of sp³-hybridized carbons (Fsp3) is 0.650. The Labute approximate surface area is 151 Å². The number of carbonyl (C=O) groups excluding carboxylic acids is 1. The Bertz CT molecular complexity index is 586. The van der Waals surface area contributed by atoms with Gasteiger partial charge in [0.2, 0.25) is 0 Å². The minimum atomic E-state index is -1.26. The van der Waals surface area contributed by atoms with E-state index in [0.29, 0.717) is 19.5 Å². The van der Waals surface area contributed by atoms with Crippen molar-refractivity contribution < 1.29 is 9.90 Å². The van der Waals surface area contributed by atoms with Crippen molar-refractivity contribution in [3.63, 3.8) is 0 Å². The average Bonchev–Trinajstić information content (AvgIpc) is 3.10. The minimum absolute atomic E-state index is 0.131. The van der Waals surface area contributed by atoms with Crippen molar-refractivity contribution in [2.75, 3.05) is 39.3 Å². The van der Waals surface area contributed by atoms with Crippen LogP contribution in [-0.2, 0) is 11.3 Å². The first-order chi connectivity index (χ1) is 12.1. The van der Waals surface area contributed by atoms with Gasteiger partial charge >= 0.3 is 0 Å². The molecule has 1 atom stereocenters. The predicted molar refractivity (Wildman–Crippen MR) is 99.3 cm³/mol. The zero-order valence-corrected chi connectivity index (χ0v) is 15.3. The molecule has 1 amide bonds. The maximum absolute atomic E-state index is 12.8. The number of aryl methyl sites for hydroxylation is 1. The molecule has 0 aromatic heterocycles. The van der Waals surface area contributed by atoms with Crippen LogP contribution in [-0.4, -0.2) is 65.7 Å². The molecule has 25 heavy (non-hydrogen) atoms. The Kier molecular flexibility index (Phi) is 6.10. The number of aliphatic hydroxyl groups is 1. The second kappa shape index (κ2) is 8.30. The predicted octanol–water partition coefficient (Wildman–Crippen LogP) is 1.53. The molecular weight excluding hydrogens is 314 g/mol. The van der Waals surface area contributed by atoms with Gasteiger partial charge in [0.1, 0.15) is 0 Å². The molecule has 2 aliphatic rings. The maximum atomic E-state index is 12.8. The number of rotatable bonds is 7. The third-order valence-electron chi connectivity index (χ3n) is 5.38. The SMILES string of the molecule is Cc1cccc(CN2CCC[C@@](O)(CNCCN3CCCC3)C2=O)c1. The Morgan fingerprint density at radius 2 is 2.00 bits per heavy atom. The lowest BCUT2D eigenvalue weighted by Crippen LogP contribution is -2.58. The third kappa shape index (κ3) is 4.81. The molecule has 5 heteroatoms. The smallest absolute Gasteiger partial charge is 0.256 e. The molecule has 2 saturated heterocycles. The molecule has 2 aliphatic heterocycles. The van der Waals surface area contributed by atoms with Gasteiger partial charge in [0.15, 0.2) is 5.60 Å². The molecule has 1 aromatic carbocycles. The van der Waals surface area contributed by atoms with E-state index >= 15 is 0 Å². The summed E-state index contributed by atoms with van der Waals surface area (Å²) in [5.41, 5.74) is 1.06. The third-order valence-corrected chi connectivity index (χ3v) is 5.38. The van der Waals surface area contributed by atoms with Crippen LogP contribution in [0.2, 0.25) is 0 Å². The van der Waals surface area contributed by atoms with Gasteiger partial charge in [-0.15, -0.1) is 0 Å². The highest BCUT2D eigenvalue weighted by Crippen LogP contribution is 2.24. The molecule has 0 unspecified atom stereocenters. The summed E-state index contributed by atoms with van der Waals surface area (Å²) < 4.78 is 0. The fourth-order valence-electron chi connectivity index (χ4n) is 3.95. The van der Waals surface area contributed by atoms with Crippen LogP contribution in [0.5, 0.6) is 0 Å². The van der Waals surface area contributed by atoms with E-state index in [2.05, 4.69) is 29.3 Å². The van der Waals surface area contributed by atoms with Crippen molar-refractivity contribution in [2.24, 2.45) is 0 Å². The van der Waals surface area contributed by atoms with Crippen LogP contribution in [0.4, 0.5) is 0 Å². The molecule has 2 fully saturated rings. The summed E-state index contributed by atoms with van der Waals surface area (Å²) in [4.78, 5) is 17.1. The molecule has 0 radical (unpaired) electrons. The van der Waals surface area contributed by atoms with Gasteiger partial charge in [-0.1, -0.05) is 29.8 Å². The van der Waals surface area contributed by atoms with Crippen molar-refractivity contribution in [2.45, 2.75) is 44.8 Å². The maximum Gasteiger partial charge on any atom is 0.256 e. The molecule has 0 aliphatic carbocycles. The van der Waals surface area contributed by atoms with Crippen LogP contribution in [0.3, 0.4) is 0 Å². The number of nitrogens with one attached hydrogen (secondary N) is 1. The van der Waals surface area contributed by atoms with E-state index in [9.17, 15) is 9.90 Å². The number of benzene rings is 1. The summed E-state index contributed by atoms with van der Waals surface area (Å²) in [6.45, 7) is 7.89. The first-order valence-corrected chi connectivity index (χ1v) is 9.57. The first kappa shape index (κ1) is 18.4. The van der Waals surface area contributed by atoms with E-state index in [4.69, 9.17) is 0 Å². The first-order valence-electron chi connectivity index (χ1n) is 9.57. The van der Waals surface area contributed by atoms with E-state index in [1.807, 2.05) is 12.1 Å². The lowest BCUT2D eigenvalue weighted by atomic mass is 9.91. The van der Waals surface area contributed by atoms with E-state index < -0.39 is 5.60 Å². The number of nitrogens with zero attached hydrogens (tertiary/aromatic N) is 2. The Morgan fingerprint density at radius 1 is 1.20 bits per heavy atom. The molecule has 3 rings (SSSR count). The van der Waals surface area contributed by atoms with Crippen LogP contribution in [0.1, 0.15) is 36.8 Å². The highest BCUT2D eigenvalue weighted by molar-refractivity contribution is 5.86. The van der Waals surface area contributed by atoms with E-state index in [0.717, 1.165) is 31.6 Å². The van der Waals surface area contributed by atoms with Gasteiger partial charge in [0.25, 0.3) is 5.91 Å². The molecule has 0 saturated carbocycles. The summed E-state index contributed by atoms with van der Waals surface area (Å²) in [5, 5.41) is 14.2. The van der Waals surface area contributed by atoms with Crippen molar-refractivity contribution in [3.8, 4) is 0 Å². The lowest BCUT2D eigenvalue weighted by Gasteiger charge is -2.38. The van der Waals surface area contributed by atoms with Crippen LogP contribution < -0.4 is 5.32 Å². The zero-order valence-electron chi connectivity index (χ0n) is 15.3. The van der Waals surface area contributed by atoms with Crippen molar-refractivity contribution in [1.29, 1.82) is 0 Å². The van der Waals surface area contributed by atoms with E-state index in [1.54, 1.807) is 4.90 Å². The number of hydrogen-bond acceptors (Lipinski definition) is 4. The van der Waals surface area contributed by atoms with Crippen LogP contribution in [0, 0.1) is 6.92 Å². The molecular formula is C20H31N3O2.